The van der Waals surface area contributed by atoms with E-state index in [4.69, 9.17) is 5.73 Å². The van der Waals surface area contributed by atoms with Crippen molar-refractivity contribution in [2.45, 2.75) is 75.4 Å². The SMILES string of the molecule is C[C@@H](CC(=O)CNC1CC1)[C@H]1C(=O)N2C(C(=O)O)=C(S[C@@H]3CN[C@H](C(=O)N4CC[C@@H](N)C4)C3)[C@H](C)[C@H]12. The van der Waals surface area contributed by atoms with E-state index < -0.39 is 5.97 Å². The van der Waals surface area contributed by atoms with Crippen molar-refractivity contribution in [3.05, 3.63) is 10.6 Å². The highest BCUT2D eigenvalue weighted by molar-refractivity contribution is 8.03. The van der Waals surface area contributed by atoms with Crippen LogP contribution >= 0.6 is 11.8 Å². The monoisotopic (exact) mass is 519 g/mol. The average molecular weight is 520 g/mol. The van der Waals surface area contributed by atoms with Crippen LogP contribution in [0.15, 0.2) is 10.6 Å². The van der Waals surface area contributed by atoms with Gasteiger partial charge >= 0.3 is 5.97 Å². The van der Waals surface area contributed by atoms with Gasteiger partial charge in [-0.15, -0.1) is 11.8 Å². The summed E-state index contributed by atoms with van der Waals surface area (Å²) in [5.41, 5.74) is 6.03. The van der Waals surface area contributed by atoms with E-state index in [0.717, 1.165) is 19.3 Å². The van der Waals surface area contributed by atoms with Gasteiger partial charge < -0.3 is 31.3 Å². The number of fused-ring (bicyclic) bond motifs is 1. The number of likely N-dealkylation sites (tertiary alicyclic amines) is 1. The van der Waals surface area contributed by atoms with Crippen LogP contribution in [0.1, 0.15) is 46.0 Å². The normalized spacial score (nSPS) is 34.7. The molecule has 10 nitrogen and oxygen atoms in total. The van der Waals surface area contributed by atoms with Crippen molar-refractivity contribution in [1.82, 2.24) is 20.4 Å². The zero-order valence-electron chi connectivity index (χ0n) is 20.9. The van der Waals surface area contributed by atoms with Crippen LogP contribution in [-0.4, -0.2) is 94.1 Å². The summed E-state index contributed by atoms with van der Waals surface area (Å²) in [5.74, 6) is -1.76. The van der Waals surface area contributed by atoms with Gasteiger partial charge in [-0.2, -0.15) is 0 Å². The summed E-state index contributed by atoms with van der Waals surface area (Å²) in [6, 6.07) is -0.0386. The Hall–Kier alpha value is -1.95. The summed E-state index contributed by atoms with van der Waals surface area (Å²) in [4.78, 5) is 54.6. The third kappa shape index (κ3) is 4.82. The van der Waals surface area contributed by atoms with Crippen molar-refractivity contribution in [3.63, 3.8) is 0 Å². The number of rotatable bonds is 10. The fourth-order valence-corrected chi connectivity index (χ4v) is 7.72. The summed E-state index contributed by atoms with van der Waals surface area (Å²) in [6.45, 7) is 6.10. The van der Waals surface area contributed by atoms with Gasteiger partial charge in [0.15, 0.2) is 0 Å². The molecule has 0 radical (unpaired) electrons. The van der Waals surface area contributed by atoms with E-state index in [-0.39, 0.29) is 64.4 Å². The number of ketones is 1. The molecule has 0 spiro atoms. The van der Waals surface area contributed by atoms with Gasteiger partial charge in [-0.1, -0.05) is 13.8 Å². The molecule has 0 aromatic heterocycles. The van der Waals surface area contributed by atoms with E-state index in [1.165, 1.54) is 16.7 Å². The molecule has 3 saturated heterocycles. The van der Waals surface area contributed by atoms with Gasteiger partial charge in [0.1, 0.15) is 11.5 Å². The second-order valence-corrected chi connectivity index (χ2v) is 12.5. The number of carboxylic acid groups (broad SMARTS) is 1. The maximum atomic E-state index is 13.1. The minimum absolute atomic E-state index is 0.0327. The quantitative estimate of drug-likeness (QED) is 0.296. The molecule has 1 aliphatic carbocycles. The Morgan fingerprint density at radius 2 is 2.03 bits per heavy atom. The Bertz CT molecular complexity index is 984. The van der Waals surface area contributed by atoms with Crippen molar-refractivity contribution >= 4 is 35.3 Å². The second-order valence-electron chi connectivity index (χ2n) is 11.2. The highest BCUT2D eigenvalue weighted by atomic mass is 32.2. The number of aliphatic carboxylic acids is 1. The standard InChI is InChI=1S/C25H37N5O5S/c1-12(7-16(31)9-27-15-3-4-15)19-20-13(2)22(21(25(34)35)30(20)24(19)33)36-17-8-18(28-10-17)23(32)29-6-5-14(26)11-29/h12-15,17-20,27-28H,3-11,26H2,1-2H3,(H,34,35)/t12-,13+,14+,17-,18-,19+,20+/m0/s1. The molecule has 11 heteroatoms. The summed E-state index contributed by atoms with van der Waals surface area (Å²) in [7, 11) is 0. The van der Waals surface area contributed by atoms with Gasteiger partial charge in [0, 0.05) is 54.2 Å². The Morgan fingerprint density at radius 1 is 1.28 bits per heavy atom. The number of carbonyl (C=O) groups excluding carboxylic acids is 3. The molecular weight excluding hydrogens is 482 g/mol. The number of amides is 2. The first-order valence-corrected chi connectivity index (χ1v) is 14.0. The second kappa shape index (κ2) is 10.1. The smallest absolute Gasteiger partial charge is 0.353 e. The Balaban J connectivity index is 1.22. The summed E-state index contributed by atoms with van der Waals surface area (Å²) >= 11 is 1.49. The maximum absolute atomic E-state index is 13.1. The van der Waals surface area contributed by atoms with Crippen LogP contribution in [0.3, 0.4) is 0 Å². The predicted octanol–water partition coefficient (Wildman–Crippen LogP) is 0.130. The maximum Gasteiger partial charge on any atom is 0.353 e. The van der Waals surface area contributed by atoms with E-state index in [1.54, 1.807) is 0 Å². The minimum Gasteiger partial charge on any atom is -0.477 e. The van der Waals surface area contributed by atoms with Crippen LogP contribution in [0, 0.1) is 17.8 Å². The molecule has 2 amide bonds. The summed E-state index contributed by atoms with van der Waals surface area (Å²) < 4.78 is 0. The highest BCUT2D eigenvalue weighted by Gasteiger charge is 2.60. The van der Waals surface area contributed by atoms with Crippen LogP contribution in [0.25, 0.3) is 0 Å². The van der Waals surface area contributed by atoms with Crippen LogP contribution in [0.2, 0.25) is 0 Å². The lowest BCUT2D eigenvalue weighted by molar-refractivity contribution is -0.160. The Morgan fingerprint density at radius 3 is 2.67 bits per heavy atom. The molecule has 4 fully saturated rings. The number of hydrogen-bond donors (Lipinski definition) is 4. The molecular formula is C25H37N5O5S. The zero-order valence-corrected chi connectivity index (χ0v) is 21.8. The van der Waals surface area contributed by atoms with Crippen molar-refractivity contribution in [3.8, 4) is 0 Å². The zero-order chi connectivity index (χ0) is 25.7. The number of hydrogen-bond acceptors (Lipinski definition) is 8. The van der Waals surface area contributed by atoms with E-state index in [9.17, 15) is 24.3 Å². The van der Waals surface area contributed by atoms with Crippen molar-refractivity contribution in [2.24, 2.45) is 23.5 Å². The summed E-state index contributed by atoms with van der Waals surface area (Å²) in [6.07, 6.45) is 3.96. The largest absolute Gasteiger partial charge is 0.477 e. The van der Waals surface area contributed by atoms with E-state index >= 15 is 0 Å². The molecule has 7 atom stereocenters. The molecule has 0 aromatic rings. The highest BCUT2D eigenvalue weighted by Crippen LogP contribution is 2.53. The fourth-order valence-electron chi connectivity index (χ4n) is 6.24. The molecule has 5 aliphatic rings. The van der Waals surface area contributed by atoms with Gasteiger partial charge in [0.25, 0.3) is 0 Å². The van der Waals surface area contributed by atoms with Crippen LogP contribution in [0.5, 0.6) is 0 Å². The van der Waals surface area contributed by atoms with Gasteiger partial charge in [0.05, 0.1) is 24.5 Å². The van der Waals surface area contributed by atoms with E-state index in [2.05, 4.69) is 10.6 Å². The first-order chi connectivity index (χ1) is 17.2. The molecule has 4 aliphatic heterocycles. The van der Waals surface area contributed by atoms with E-state index in [1.807, 2.05) is 18.7 Å². The third-order valence-electron chi connectivity index (χ3n) is 8.34. The van der Waals surface area contributed by atoms with E-state index in [0.29, 0.717) is 50.0 Å². The van der Waals surface area contributed by atoms with Crippen LogP contribution in [-0.2, 0) is 19.2 Å². The van der Waals surface area contributed by atoms with Crippen molar-refractivity contribution in [2.75, 3.05) is 26.2 Å². The topological polar surface area (TPSA) is 145 Å². The lowest BCUT2D eigenvalue weighted by Crippen LogP contribution is -2.62. The molecule has 0 aromatic carbocycles. The Kier molecular flexibility index (Phi) is 7.19. The number of Topliss-reactive ketones (excluding diaryl/α,β-unsaturated/α-hetero) is 1. The molecule has 36 heavy (non-hydrogen) atoms. The average Bonchev–Trinajstić information content (AvgIpc) is 3.26. The Labute approximate surface area is 215 Å². The number of nitrogens with zero attached hydrogens (tertiary/aromatic N) is 2. The number of carbonyl (C=O) groups is 4. The first kappa shape index (κ1) is 25.7. The van der Waals surface area contributed by atoms with Gasteiger partial charge in [0.2, 0.25) is 11.8 Å². The van der Waals surface area contributed by atoms with Gasteiger partial charge in [-0.3, -0.25) is 14.4 Å². The van der Waals surface area contributed by atoms with Gasteiger partial charge in [-0.25, -0.2) is 4.79 Å². The third-order valence-corrected chi connectivity index (χ3v) is 9.85. The van der Waals surface area contributed by atoms with Crippen LogP contribution < -0.4 is 16.4 Å². The first-order valence-electron chi connectivity index (χ1n) is 13.2. The van der Waals surface area contributed by atoms with Crippen LogP contribution in [0.4, 0.5) is 0 Å². The number of nitrogens with two attached hydrogens (primary N) is 1. The lowest BCUT2D eigenvalue weighted by atomic mass is 9.73. The van der Waals surface area contributed by atoms with Crippen molar-refractivity contribution < 1.29 is 24.3 Å². The molecule has 1 saturated carbocycles. The molecule has 4 heterocycles. The number of nitrogens with one attached hydrogen (secondary N) is 2. The molecule has 0 unspecified atom stereocenters. The molecule has 5 rings (SSSR count). The fraction of sp³-hybridized carbons (Fsp3) is 0.760. The van der Waals surface area contributed by atoms with Gasteiger partial charge in [-0.05, 0) is 31.6 Å². The molecule has 198 valence electrons. The summed E-state index contributed by atoms with van der Waals surface area (Å²) in [5, 5.41) is 16.6. The number of carboxylic acids is 1. The molecule has 0 bridgehead atoms. The minimum atomic E-state index is -1.10. The molecule has 5 N–H and O–H groups in total. The predicted molar refractivity (Wildman–Crippen MR) is 135 cm³/mol. The number of thioether (sulfide) groups is 1. The van der Waals surface area contributed by atoms with Crippen molar-refractivity contribution in [1.29, 1.82) is 0 Å². The lowest BCUT2D eigenvalue weighted by Gasteiger charge is -2.47. The number of β-lactam (4-membered cyclic amide) rings is 1.